The van der Waals surface area contributed by atoms with Gasteiger partial charge in [-0.25, -0.2) is 0 Å². The third-order valence-corrected chi connectivity index (χ3v) is 6.43. The largest absolute Gasteiger partial charge is 0.496 e. The van der Waals surface area contributed by atoms with E-state index in [1.807, 2.05) is 30.3 Å². The van der Waals surface area contributed by atoms with E-state index in [0.717, 1.165) is 46.6 Å². The molecule has 3 aromatic rings. The van der Waals surface area contributed by atoms with E-state index >= 15 is 0 Å². The van der Waals surface area contributed by atoms with Crippen LogP contribution in [0.3, 0.4) is 0 Å². The molecule has 0 bridgehead atoms. The molecule has 0 amide bonds. The van der Waals surface area contributed by atoms with E-state index in [4.69, 9.17) is 9.47 Å². The minimum Gasteiger partial charge on any atom is -0.496 e. The molecule has 0 saturated carbocycles. The number of methoxy groups -OCH3 is 1. The number of hydrogen-bond donors (Lipinski definition) is 1. The van der Waals surface area contributed by atoms with Crippen molar-refractivity contribution in [2.45, 2.75) is 58.0 Å². The highest BCUT2D eigenvalue weighted by Gasteiger charge is 2.25. The molecule has 0 radical (unpaired) electrons. The number of aryl methyl sites for hydroxylation is 1. The second kappa shape index (κ2) is 9.30. The molecule has 0 aliphatic heterocycles. The zero-order valence-corrected chi connectivity index (χ0v) is 19.9. The Morgan fingerprint density at radius 3 is 2.55 bits per heavy atom. The fourth-order valence-corrected chi connectivity index (χ4v) is 4.75. The monoisotopic (exact) mass is 444 g/mol. The minimum absolute atomic E-state index is 0.0518. The van der Waals surface area contributed by atoms with Crippen LogP contribution in [0.15, 0.2) is 60.7 Å². The SMILES string of the molecule is COc1ccccc1-c1ccc(COc2ccc3c(c2)[C@@H](CC(=O)O)CC3)cc1C(C)(C)C. The molecule has 4 rings (SSSR count). The van der Waals surface area contributed by atoms with Gasteiger partial charge in [0.25, 0.3) is 0 Å². The van der Waals surface area contributed by atoms with E-state index in [0.29, 0.717) is 6.61 Å². The smallest absolute Gasteiger partial charge is 0.303 e. The van der Waals surface area contributed by atoms with Gasteiger partial charge in [0.1, 0.15) is 18.1 Å². The average molecular weight is 445 g/mol. The van der Waals surface area contributed by atoms with Crippen LogP contribution in [0.5, 0.6) is 11.5 Å². The third kappa shape index (κ3) is 5.05. The normalized spacial score (nSPS) is 15.2. The molecule has 1 N–H and O–H groups in total. The van der Waals surface area contributed by atoms with Crippen molar-refractivity contribution in [3.63, 3.8) is 0 Å². The number of aliphatic carboxylic acids is 1. The van der Waals surface area contributed by atoms with Crippen LogP contribution in [-0.2, 0) is 23.2 Å². The Bertz CT molecular complexity index is 1160. The molecule has 3 aromatic carbocycles. The first-order valence-corrected chi connectivity index (χ1v) is 11.5. The first-order valence-electron chi connectivity index (χ1n) is 11.5. The summed E-state index contributed by atoms with van der Waals surface area (Å²) in [5.74, 6) is 0.982. The molecule has 1 atom stereocenters. The van der Waals surface area contributed by atoms with Gasteiger partial charge in [-0.05, 0) is 70.2 Å². The summed E-state index contributed by atoms with van der Waals surface area (Å²) in [6.45, 7) is 7.11. The van der Waals surface area contributed by atoms with Gasteiger partial charge in [-0.1, -0.05) is 63.2 Å². The van der Waals surface area contributed by atoms with Gasteiger partial charge >= 0.3 is 5.97 Å². The van der Waals surface area contributed by atoms with Crippen molar-refractivity contribution in [1.82, 2.24) is 0 Å². The molecule has 4 nitrogen and oxygen atoms in total. The fraction of sp³-hybridized carbons (Fsp3) is 0.345. The molecule has 0 spiro atoms. The van der Waals surface area contributed by atoms with E-state index in [1.165, 1.54) is 11.1 Å². The van der Waals surface area contributed by atoms with Gasteiger partial charge in [-0.3, -0.25) is 4.79 Å². The zero-order chi connectivity index (χ0) is 23.6. The summed E-state index contributed by atoms with van der Waals surface area (Å²) in [4.78, 5) is 11.2. The van der Waals surface area contributed by atoms with Crippen LogP contribution in [-0.4, -0.2) is 18.2 Å². The van der Waals surface area contributed by atoms with Crippen molar-refractivity contribution in [3.05, 3.63) is 82.9 Å². The highest BCUT2D eigenvalue weighted by Crippen LogP contribution is 2.39. The number of carbonyl (C=O) groups is 1. The van der Waals surface area contributed by atoms with Gasteiger partial charge in [0.15, 0.2) is 0 Å². The maximum atomic E-state index is 11.2. The first kappa shape index (κ1) is 22.9. The Balaban J connectivity index is 1.58. The van der Waals surface area contributed by atoms with E-state index in [-0.39, 0.29) is 17.8 Å². The van der Waals surface area contributed by atoms with E-state index in [2.05, 4.69) is 51.1 Å². The lowest BCUT2D eigenvalue weighted by molar-refractivity contribution is -0.137. The molecule has 33 heavy (non-hydrogen) atoms. The van der Waals surface area contributed by atoms with Crippen LogP contribution >= 0.6 is 0 Å². The standard InChI is InChI=1S/C29H32O4/c1-29(2,3)26-15-19(9-14-23(26)24-7-5-6-8-27(24)32-4)18-33-22-13-12-20-10-11-21(16-28(30)31)25(20)17-22/h5-9,12-15,17,21H,10-11,16,18H2,1-4H3,(H,30,31)/t21-/m1/s1. The zero-order valence-electron chi connectivity index (χ0n) is 19.9. The van der Waals surface area contributed by atoms with Crippen molar-refractivity contribution in [1.29, 1.82) is 0 Å². The predicted molar refractivity (Wildman–Crippen MR) is 131 cm³/mol. The van der Waals surface area contributed by atoms with Gasteiger partial charge < -0.3 is 14.6 Å². The number of ether oxygens (including phenoxy) is 2. The Morgan fingerprint density at radius 2 is 1.82 bits per heavy atom. The number of benzene rings is 3. The Morgan fingerprint density at radius 1 is 1.03 bits per heavy atom. The summed E-state index contributed by atoms with van der Waals surface area (Å²) >= 11 is 0. The Kier molecular flexibility index (Phi) is 6.46. The van der Waals surface area contributed by atoms with Crippen LogP contribution in [0.4, 0.5) is 0 Å². The second-order valence-electron chi connectivity index (χ2n) is 9.81. The van der Waals surface area contributed by atoms with Gasteiger partial charge in [-0.15, -0.1) is 0 Å². The van der Waals surface area contributed by atoms with Gasteiger partial charge in [0.05, 0.1) is 13.5 Å². The number of hydrogen-bond acceptors (Lipinski definition) is 3. The number of rotatable bonds is 7. The second-order valence-corrected chi connectivity index (χ2v) is 9.81. The molecule has 4 heteroatoms. The molecule has 0 heterocycles. The minimum atomic E-state index is -0.746. The summed E-state index contributed by atoms with van der Waals surface area (Å²) in [6.07, 6.45) is 2.01. The number of fused-ring (bicyclic) bond motifs is 1. The third-order valence-electron chi connectivity index (χ3n) is 6.43. The molecule has 0 fully saturated rings. The molecule has 1 aliphatic carbocycles. The van der Waals surface area contributed by atoms with Crippen molar-refractivity contribution in [2.75, 3.05) is 7.11 Å². The van der Waals surface area contributed by atoms with Crippen molar-refractivity contribution >= 4 is 5.97 Å². The van der Waals surface area contributed by atoms with Crippen LogP contribution in [0.2, 0.25) is 0 Å². The fourth-order valence-electron chi connectivity index (χ4n) is 4.75. The lowest BCUT2D eigenvalue weighted by atomic mass is 9.81. The number of carboxylic acid groups (broad SMARTS) is 1. The van der Waals surface area contributed by atoms with Crippen LogP contribution in [0.1, 0.15) is 61.8 Å². The predicted octanol–water partition coefficient (Wildman–Crippen LogP) is 6.74. The molecule has 0 unspecified atom stereocenters. The van der Waals surface area contributed by atoms with Crippen LogP contribution < -0.4 is 9.47 Å². The highest BCUT2D eigenvalue weighted by atomic mass is 16.5. The van der Waals surface area contributed by atoms with Gasteiger partial charge in [0, 0.05) is 5.56 Å². The summed E-state index contributed by atoms with van der Waals surface area (Å²) in [5, 5.41) is 9.21. The Labute approximate surface area is 196 Å². The van der Waals surface area contributed by atoms with Crippen molar-refractivity contribution in [2.24, 2.45) is 0 Å². The van der Waals surface area contributed by atoms with Gasteiger partial charge in [-0.2, -0.15) is 0 Å². The molecular weight excluding hydrogens is 412 g/mol. The lowest BCUT2D eigenvalue weighted by Crippen LogP contribution is -2.14. The first-order chi connectivity index (χ1) is 15.8. The quantitative estimate of drug-likeness (QED) is 0.438. The molecule has 1 aliphatic rings. The van der Waals surface area contributed by atoms with E-state index in [1.54, 1.807) is 7.11 Å². The van der Waals surface area contributed by atoms with E-state index in [9.17, 15) is 9.90 Å². The molecule has 0 saturated heterocycles. The van der Waals surface area contributed by atoms with Crippen LogP contribution in [0, 0.1) is 0 Å². The number of carboxylic acids is 1. The Hall–Kier alpha value is -3.27. The van der Waals surface area contributed by atoms with Crippen molar-refractivity contribution in [3.8, 4) is 22.6 Å². The maximum absolute atomic E-state index is 11.2. The lowest BCUT2D eigenvalue weighted by Gasteiger charge is -2.25. The molecule has 0 aromatic heterocycles. The number of para-hydroxylation sites is 1. The topological polar surface area (TPSA) is 55.8 Å². The summed E-state index contributed by atoms with van der Waals surface area (Å²) in [6, 6.07) is 20.7. The highest BCUT2D eigenvalue weighted by molar-refractivity contribution is 5.74. The summed E-state index contributed by atoms with van der Waals surface area (Å²) in [7, 11) is 1.70. The van der Waals surface area contributed by atoms with Crippen LogP contribution in [0.25, 0.3) is 11.1 Å². The molecular formula is C29H32O4. The van der Waals surface area contributed by atoms with Gasteiger partial charge in [0.2, 0.25) is 0 Å². The van der Waals surface area contributed by atoms with Crippen molar-refractivity contribution < 1.29 is 19.4 Å². The summed E-state index contributed by atoms with van der Waals surface area (Å²) in [5.41, 5.74) is 6.90. The average Bonchev–Trinajstić information content (AvgIpc) is 3.18. The molecule has 172 valence electrons. The summed E-state index contributed by atoms with van der Waals surface area (Å²) < 4.78 is 11.8. The maximum Gasteiger partial charge on any atom is 0.303 e. The van der Waals surface area contributed by atoms with E-state index < -0.39 is 5.97 Å².